The van der Waals surface area contributed by atoms with Gasteiger partial charge < -0.3 is 10.2 Å². The van der Waals surface area contributed by atoms with Crippen LogP contribution in [0.25, 0.3) is 0 Å². The minimum atomic E-state index is -0.144. The van der Waals surface area contributed by atoms with Gasteiger partial charge in [0.05, 0.1) is 5.69 Å². The van der Waals surface area contributed by atoms with Crippen LogP contribution in [-0.2, 0) is 0 Å². The molecule has 1 N–H and O–H groups in total. The average Bonchev–Trinajstić information content (AvgIpc) is 2.41. The van der Waals surface area contributed by atoms with E-state index in [0.717, 1.165) is 5.69 Å². The fourth-order valence-electron chi connectivity index (χ4n) is 2.91. The highest BCUT2D eigenvalue weighted by Gasteiger charge is 2.21. The van der Waals surface area contributed by atoms with Crippen molar-refractivity contribution in [3.8, 4) is 0 Å². The Balaban J connectivity index is 2.08. The number of benzene rings is 1. The number of hydrogen-bond donors (Lipinski definition) is 1. The summed E-state index contributed by atoms with van der Waals surface area (Å²) in [5.41, 5.74) is 1.57. The Morgan fingerprint density at radius 2 is 1.95 bits per heavy atom. The summed E-state index contributed by atoms with van der Waals surface area (Å²) in [5.74, 6) is 0.527. The minimum Gasteiger partial charge on any atom is -0.382 e. The van der Waals surface area contributed by atoms with Gasteiger partial charge in [0.25, 0.3) is 0 Å². The van der Waals surface area contributed by atoms with Gasteiger partial charge in [0.15, 0.2) is 0 Å². The lowest BCUT2D eigenvalue weighted by molar-refractivity contribution is 0.349. The maximum Gasteiger partial charge on any atom is 0.148 e. The number of rotatable bonds is 4. The molecule has 1 aliphatic carbocycles. The second-order valence-corrected chi connectivity index (χ2v) is 6.38. The third-order valence-corrected chi connectivity index (χ3v) is 4.57. The summed E-state index contributed by atoms with van der Waals surface area (Å²) < 4.78 is 14.2. The largest absolute Gasteiger partial charge is 0.382 e. The Hall–Kier alpha value is -1.25. The summed E-state index contributed by atoms with van der Waals surface area (Å²) in [6.07, 6.45) is 5.06. The van der Waals surface area contributed by atoms with Crippen LogP contribution in [0.3, 0.4) is 0 Å². The molecule has 0 spiro atoms. The quantitative estimate of drug-likeness (QED) is 0.861. The van der Waals surface area contributed by atoms with Crippen molar-refractivity contribution < 1.29 is 4.39 Å². The third-order valence-electron chi connectivity index (χ3n) is 4.57. The molecule has 0 aromatic heterocycles. The zero-order chi connectivity index (χ0) is 14.7. The Bertz CT molecular complexity index is 445. The summed E-state index contributed by atoms with van der Waals surface area (Å²) in [5, 5.41) is 3.51. The van der Waals surface area contributed by atoms with Crippen LogP contribution in [0, 0.1) is 11.7 Å². The first-order valence-electron chi connectivity index (χ1n) is 7.78. The molecular formula is C17H27FN2. The molecule has 112 valence electrons. The first kappa shape index (κ1) is 15.1. The Morgan fingerprint density at radius 3 is 2.55 bits per heavy atom. The summed E-state index contributed by atoms with van der Waals surface area (Å²) in [6, 6.07) is 6.29. The van der Waals surface area contributed by atoms with Gasteiger partial charge in [0, 0.05) is 24.8 Å². The number of nitrogens with one attached hydrogen (secondary N) is 1. The molecule has 0 radical (unpaired) electrons. The van der Waals surface area contributed by atoms with Crippen LogP contribution in [0.4, 0.5) is 15.8 Å². The van der Waals surface area contributed by atoms with Gasteiger partial charge in [-0.3, -0.25) is 0 Å². The van der Waals surface area contributed by atoms with Crippen molar-refractivity contribution >= 4 is 11.4 Å². The van der Waals surface area contributed by atoms with Crippen LogP contribution >= 0.6 is 0 Å². The molecule has 3 heteroatoms. The Labute approximate surface area is 122 Å². The maximum absolute atomic E-state index is 14.2. The lowest BCUT2D eigenvalue weighted by Crippen LogP contribution is -2.30. The second kappa shape index (κ2) is 6.47. The zero-order valence-electron chi connectivity index (χ0n) is 13.1. The predicted molar refractivity (Wildman–Crippen MR) is 85.0 cm³/mol. The van der Waals surface area contributed by atoms with Crippen LogP contribution in [0.5, 0.6) is 0 Å². The molecule has 2 unspecified atom stereocenters. The maximum atomic E-state index is 14.2. The molecule has 1 aliphatic rings. The van der Waals surface area contributed by atoms with Gasteiger partial charge in [0.1, 0.15) is 5.82 Å². The fourth-order valence-corrected chi connectivity index (χ4v) is 2.91. The highest BCUT2D eigenvalue weighted by Crippen LogP contribution is 2.29. The van der Waals surface area contributed by atoms with E-state index in [4.69, 9.17) is 0 Å². The van der Waals surface area contributed by atoms with E-state index in [1.807, 2.05) is 24.1 Å². The van der Waals surface area contributed by atoms with Crippen LogP contribution in [0.1, 0.15) is 46.5 Å². The fraction of sp³-hybridized carbons (Fsp3) is 0.647. The number of halogens is 1. The molecule has 1 aromatic rings. The first-order chi connectivity index (χ1) is 9.49. The zero-order valence-corrected chi connectivity index (χ0v) is 13.1. The second-order valence-electron chi connectivity index (χ2n) is 6.38. The number of anilines is 2. The average molecular weight is 278 g/mol. The number of nitrogens with zero attached hydrogens (tertiary/aromatic N) is 1. The Morgan fingerprint density at radius 1 is 1.25 bits per heavy atom. The molecule has 20 heavy (non-hydrogen) atoms. The summed E-state index contributed by atoms with van der Waals surface area (Å²) in [6.45, 7) is 6.42. The molecular weight excluding hydrogens is 251 g/mol. The molecule has 1 saturated carbocycles. The molecule has 0 bridgehead atoms. The molecule has 0 aliphatic heterocycles. The molecule has 2 rings (SSSR count). The van der Waals surface area contributed by atoms with Gasteiger partial charge in [-0.1, -0.05) is 19.8 Å². The molecule has 0 saturated heterocycles. The summed E-state index contributed by atoms with van der Waals surface area (Å²) >= 11 is 0. The van der Waals surface area contributed by atoms with E-state index >= 15 is 0 Å². The van der Waals surface area contributed by atoms with Crippen LogP contribution in [0.2, 0.25) is 0 Å². The molecule has 0 amide bonds. The van der Waals surface area contributed by atoms with Crippen molar-refractivity contribution in [2.24, 2.45) is 5.92 Å². The van der Waals surface area contributed by atoms with E-state index in [2.05, 4.69) is 26.1 Å². The van der Waals surface area contributed by atoms with Crippen molar-refractivity contribution in [1.82, 2.24) is 0 Å². The van der Waals surface area contributed by atoms with Crippen LogP contribution in [-0.4, -0.2) is 19.1 Å². The summed E-state index contributed by atoms with van der Waals surface area (Å²) in [4.78, 5) is 1.96. The van der Waals surface area contributed by atoms with Crippen molar-refractivity contribution in [3.05, 3.63) is 24.0 Å². The molecule has 2 atom stereocenters. The van der Waals surface area contributed by atoms with E-state index in [9.17, 15) is 4.39 Å². The Kier molecular flexibility index (Phi) is 4.90. The highest BCUT2D eigenvalue weighted by atomic mass is 19.1. The molecule has 1 aromatic carbocycles. The predicted octanol–water partition coefficient (Wildman–Crippen LogP) is 4.66. The summed E-state index contributed by atoms with van der Waals surface area (Å²) in [7, 11) is 1.93. The van der Waals surface area contributed by atoms with Gasteiger partial charge in [0.2, 0.25) is 0 Å². The third kappa shape index (κ3) is 3.44. The lowest BCUT2D eigenvalue weighted by Gasteiger charge is -2.31. The van der Waals surface area contributed by atoms with Crippen molar-refractivity contribution in [1.29, 1.82) is 0 Å². The topological polar surface area (TPSA) is 15.3 Å². The minimum absolute atomic E-state index is 0.144. The van der Waals surface area contributed by atoms with E-state index in [-0.39, 0.29) is 5.82 Å². The SMILES string of the molecule is CC1CCCCC1Nc1ccc(N(C)C(C)C)c(F)c1. The van der Waals surface area contributed by atoms with Gasteiger partial charge in [-0.15, -0.1) is 0 Å². The normalized spacial score (nSPS) is 22.9. The van der Waals surface area contributed by atoms with Crippen LogP contribution in [0.15, 0.2) is 18.2 Å². The van der Waals surface area contributed by atoms with E-state index in [0.29, 0.717) is 23.7 Å². The standard InChI is InChI=1S/C17H27FN2/c1-12(2)20(4)17-10-9-14(11-15(17)18)19-16-8-6-5-7-13(16)3/h9-13,16,19H,5-8H2,1-4H3. The van der Waals surface area contributed by atoms with Crippen molar-refractivity contribution in [3.63, 3.8) is 0 Å². The van der Waals surface area contributed by atoms with Crippen molar-refractivity contribution in [2.75, 3.05) is 17.3 Å². The molecule has 1 fully saturated rings. The van der Waals surface area contributed by atoms with E-state index in [1.54, 1.807) is 6.07 Å². The van der Waals surface area contributed by atoms with Gasteiger partial charge in [-0.2, -0.15) is 0 Å². The van der Waals surface area contributed by atoms with Gasteiger partial charge in [-0.25, -0.2) is 4.39 Å². The van der Waals surface area contributed by atoms with E-state index in [1.165, 1.54) is 25.7 Å². The van der Waals surface area contributed by atoms with Gasteiger partial charge in [-0.05, 0) is 50.8 Å². The monoisotopic (exact) mass is 278 g/mol. The first-order valence-corrected chi connectivity index (χ1v) is 7.78. The molecule has 0 heterocycles. The van der Waals surface area contributed by atoms with Gasteiger partial charge >= 0.3 is 0 Å². The van der Waals surface area contributed by atoms with Crippen LogP contribution < -0.4 is 10.2 Å². The lowest BCUT2D eigenvalue weighted by atomic mass is 9.86. The highest BCUT2D eigenvalue weighted by molar-refractivity contribution is 5.56. The smallest absolute Gasteiger partial charge is 0.148 e. The van der Waals surface area contributed by atoms with E-state index < -0.39 is 0 Å². The molecule has 2 nitrogen and oxygen atoms in total. The van der Waals surface area contributed by atoms with Crippen molar-refractivity contribution in [2.45, 2.75) is 58.5 Å². The number of hydrogen-bond acceptors (Lipinski definition) is 2.